The first-order valence-electron chi connectivity index (χ1n) is 5.70. The molecule has 1 amide bonds. The van der Waals surface area contributed by atoms with Crippen LogP contribution in [0.25, 0.3) is 0 Å². The van der Waals surface area contributed by atoms with Crippen molar-refractivity contribution in [1.82, 2.24) is 5.32 Å². The lowest BCUT2D eigenvalue weighted by molar-refractivity contribution is 0.0941. The minimum atomic E-state index is -3.20. The highest BCUT2D eigenvalue weighted by molar-refractivity contribution is 7.91. The molecule has 7 heteroatoms. The van der Waals surface area contributed by atoms with Crippen LogP contribution in [0.5, 0.6) is 0 Å². The van der Waals surface area contributed by atoms with Gasteiger partial charge in [0.1, 0.15) is 5.82 Å². The molecule has 1 heterocycles. The fourth-order valence-electron chi connectivity index (χ4n) is 2.06. The molecule has 104 valence electrons. The third kappa shape index (κ3) is 3.25. The monoisotopic (exact) mass is 305 g/mol. The van der Waals surface area contributed by atoms with E-state index in [0.29, 0.717) is 11.1 Å². The Kier molecular flexibility index (Phi) is 3.82. The number of aryl methyl sites for hydroxylation is 1. The van der Waals surface area contributed by atoms with Crippen LogP contribution in [0.2, 0.25) is 0 Å². The largest absolute Gasteiger partial charge is 0.347 e. The Balaban J connectivity index is 2.14. The van der Waals surface area contributed by atoms with E-state index in [4.69, 9.17) is 11.6 Å². The Morgan fingerprint density at radius 1 is 1.42 bits per heavy atom. The van der Waals surface area contributed by atoms with Crippen LogP contribution in [-0.2, 0) is 9.84 Å². The highest BCUT2D eigenvalue weighted by Crippen LogP contribution is 2.19. The van der Waals surface area contributed by atoms with E-state index < -0.39 is 33.0 Å². The number of halogens is 2. The Bertz CT molecular complexity index is 617. The quantitative estimate of drug-likeness (QED) is 0.837. The maximum atomic E-state index is 12.9. The van der Waals surface area contributed by atoms with E-state index >= 15 is 0 Å². The van der Waals surface area contributed by atoms with Gasteiger partial charge in [-0.1, -0.05) is 0 Å². The first kappa shape index (κ1) is 14.3. The average Bonchev–Trinajstić information content (AvgIpc) is 2.51. The van der Waals surface area contributed by atoms with Crippen LogP contribution in [-0.4, -0.2) is 37.2 Å². The highest BCUT2D eigenvalue weighted by atomic mass is 35.5. The molecule has 0 spiro atoms. The van der Waals surface area contributed by atoms with Gasteiger partial charge in [-0.3, -0.25) is 4.79 Å². The van der Waals surface area contributed by atoms with E-state index in [2.05, 4.69) is 5.32 Å². The lowest BCUT2D eigenvalue weighted by Crippen LogP contribution is -2.40. The summed E-state index contributed by atoms with van der Waals surface area (Å²) in [7, 11) is -3.20. The number of sulfone groups is 1. The average molecular weight is 306 g/mol. The van der Waals surface area contributed by atoms with Crippen molar-refractivity contribution in [3.8, 4) is 0 Å². The molecule has 19 heavy (non-hydrogen) atoms. The minimum absolute atomic E-state index is 0.137. The molecule has 2 rings (SSSR count). The summed E-state index contributed by atoms with van der Waals surface area (Å²) in [6, 6.07) is 3.19. The Morgan fingerprint density at radius 3 is 2.63 bits per heavy atom. The third-order valence-corrected chi connectivity index (χ3v) is 5.41. The SMILES string of the molecule is Cc1cc(F)ccc1C(=O)NC1CS(=O)(=O)CC1Cl. The molecular formula is C12H13ClFNO3S. The number of carbonyl (C=O) groups is 1. The number of nitrogens with one attached hydrogen (secondary N) is 1. The zero-order chi connectivity index (χ0) is 14.2. The van der Waals surface area contributed by atoms with Crippen LogP contribution in [0.4, 0.5) is 4.39 Å². The van der Waals surface area contributed by atoms with Crippen LogP contribution < -0.4 is 5.32 Å². The number of amides is 1. The second kappa shape index (κ2) is 5.09. The number of hydrogen-bond donors (Lipinski definition) is 1. The van der Waals surface area contributed by atoms with Crippen molar-refractivity contribution in [2.24, 2.45) is 0 Å². The van der Waals surface area contributed by atoms with Crippen LogP contribution >= 0.6 is 11.6 Å². The van der Waals surface area contributed by atoms with Crippen LogP contribution in [0, 0.1) is 12.7 Å². The van der Waals surface area contributed by atoms with E-state index in [9.17, 15) is 17.6 Å². The lowest BCUT2D eigenvalue weighted by Gasteiger charge is -2.15. The number of rotatable bonds is 2. The first-order valence-corrected chi connectivity index (χ1v) is 7.96. The molecule has 0 saturated carbocycles. The Labute approximate surface area is 115 Å². The summed E-state index contributed by atoms with van der Waals surface area (Å²) in [5.41, 5.74) is 0.805. The maximum Gasteiger partial charge on any atom is 0.251 e. The van der Waals surface area contributed by atoms with E-state index in [-0.39, 0.29) is 11.5 Å². The number of alkyl halides is 1. The van der Waals surface area contributed by atoms with Gasteiger partial charge >= 0.3 is 0 Å². The first-order chi connectivity index (χ1) is 8.78. The predicted octanol–water partition coefficient (Wildman–Crippen LogP) is 1.27. The molecule has 1 N–H and O–H groups in total. The van der Waals surface area contributed by atoms with Crippen LogP contribution in [0.1, 0.15) is 15.9 Å². The zero-order valence-corrected chi connectivity index (χ0v) is 11.8. The highest BCUT2D eigenvalue weighted by Gasteiger charge is 2.37. The number of carbonyl (C=O) groups excluding carboxylic acids is 1. The summed E-state index contributed by atoms with van der Waals surface area (Å²) < 4.78 is 35.7. The second-order valence-electron chi connectivity index (χ2n) is 4.63. The van der Waals surface area contributed by atoms with Crippen LogP contribution in [0.3, 0.4) is 0 Å². The second-order valence-corrected chi connectivity index (χ2v) is 7.35. The standard InChI is InChI=1S/C12H13ClFNO3S/c1-7-4-8(14)2-3-9(7)12(16)15-11-6-19(17,18)5-10(11)13/h2-4,10-11H,5-6H2,1H3,(H,15,16). The van der Waals surface area contributed by atoms with Crippen LogP contribution in [0.15, 0.2) is 18.2 Å². The van der Waals surface area contributed by atoms with Crippen molar-refractivity contribution in [3.63, 3.8) is 0 Å². The van der Waals surface area contributed by atoms with Gasteiger partial charge in [0, 0.05) is 5.56 Å². The van der Waals surface area contributed by atoms with Gasteiger partial charge in [0.05, 0.1) is 22.9 Å². The van der Waals surface area contributed by atoms with E-state index in [1.54, 1.807) is 6.92 Å². The summed E-state index contributed by atoms with van der Waals surface area (Å²) in [4.78, 5) is 12.0. The van der Waals surface area contributed by atoms with Crippen molar-refractivity contribution in [1.29, 1.82) is 0 Å². The molecule has 1 aliphatic rings. The molecule has 1 aromatic carbocycles. The van der Waals surface area contributed by atoms with E-state index in [1.165, 1.54) is 18.2 Å². The molecule has 0 aliphatic carbocycles. The van der Waals surface area contributed by atoms with E-state index in [0.717, 1.165) is 0 Å². The minimum Gasteiger partial charge on any atom is -0.347 e. The predicted molar refractivity (Wildman–Crippen MR) is 70.7 cm³/mol. The maximum absolute atomic E-state index is 12.9. The molecule has 1 saturated heterocycles. The fraction of sp³-hybridized carbons (Fsp3) is 0.417. The van der Waals surface area contributed by atoms with Crippen molar-refractivity contribution < 1.29 is 17.6 Å². The summed E-state index contributed by atoms with van der Waals surface area (Å²) in [5, 5.41) is 1.96. The van der Waals surface area contributed by atoms with Gasteiger partial charge in [-0.2, -0.15) is 0 Å². The molecule has 1 aliphatic heterocycles. The zero-order valence-electron chi connectivity index (χ0n) is 10.2. The molecule has 1 fully saturated rings. The summed E-state index contributed by atoms with van der Waals surface area (Å²) >= 11 is 5.91. The van der Waals surface area contributed by atoms with Crippen molar-refractivity contribution in [2.45, 2.75) is 18.3 Å². The summed E-state index contributed by atoms with van der Waals surface area (Å²) in [6.07, 6.45) is 0. The van der Waals surface area contributed by atoms with Gasteiger partial charge in [0.2, 0.25) is 0 Å². The van der Waals surface area contributed by atoms with Gasteiger partial charge in [0.15, 0.2) is 9.84 Å². The molecule has 2 atom stereocenters. The van der Waals surface area contributed by atoms with Crippen molar-refractivity contribution in [3.05, 3.63) is 35.1 Å². The lowest BCUT2D eigenvalue weighted by atomic mass is 10.1. The molecule has 0 bridgehead atoms. The van der Waals surface area contributed by atoms with E-state index in [1.807, 2.05) is 0 Å². The number of hydrogen-bond acceptors (Lipinski definition) is 3. The molecule has 1 aromatic rings. The van der Waals surface area contributed by atoms with Gasteiger partial charge < -0.3 is 5.32 Å². The molecule has 2 unspecified atom stereocenters. The molecule has 0 aromatic heterocycles. The molecule has 0 radical (unpaired) electrons. The normalized spacial score (nSPS) is 25.2. The Morgan fingerprint density at radius 2 is 2.11 bits per heavy atom. The fourth-order valence-corrected chi connectivity index (χ4v) is 4.61. The van der Waals surface area contributed by atoms with Gasteiger partial charge in [0.25, 0.3) is 5.91 Å². The molecular weight excluding hydrogens is 293 g/mol. The number of benzene rings is 1. The third-order valence-electron chi connectivity index (χ3n) is 3.03. The summed E-state index contributed by atoms with van der Waals surface area (Å²) in [6.45, 7) is 1.61. The summed E-state index contributed by atoms with van der Waals surface area (Å²) in [5.74, 6) is -1.16. The van der Waals surface area contributed by atoms with Gasteiger partial charge in [-0.25, -0.2) is 12.8 Å². The van der Waals surface area contributed by atoms with Gasteiger partial charge in [-0.05, 0) is 30.7 Å². The van der Waals surface area contributed by atoms with Crippen molar-refractivity contribution in [2.75, 3.05) is 11.5 Å². The topological polar surface area (TPSA) is 63.2 Å². The smallest absolute Gasteiger partial charge is 0.251 e. The van der Waals surface area contributed by atoms with Crippen molar-refractivity contribution >= 4 is 27.3 Å². The Hall–Kier alpha value is -1.14. The molecule has 4 nitrogen and oxygen atoms in total. The van der Waals surface area contributed by atoms with Gasteiger partial charge in [-0.15, -0.1) is 11.6 Å².